The molecule has 1 unspecified atom stereocenters. The van der Waals surface area contributed by atoms with E-state index in [0.29, 0.717) is 25.8 Å². The zero-order valence-corrected chi connectivity index (χ0v) is 18.8. The van der Waals surface area contributed by atoms with Crippen molar-refractivity contribution in [2.75, 3.05) is 19.7 Å². The molecule has 1 saturated heterocycles. The standard InChI is InChI=1S/C26H28N2O6/c29-23(28-11-5-10-26(33,15-28)24(30)31)16-12-17(13-16)27-25(32)34-14-22-20-8-3-1-6-18(20)19-7-2-4-9-21(19)22/h1-4,6-9,16-17,22,33H,5,10-15H2,(H,27,32)(H,30,31). The molecule has 0 bridgehead atoms. The SMILES string of the molecule is O=C(NC1CC(C(=O)N2CCCC(O)(C(=O)O)C2)C1)OCC1c2ccccc2-c2ccccc21. The first-order chi connectivity index (χ1) is 16.4. The van der Waals surface area contributed by atoms with Gasteiger partial charge in [-0.3, -0.25) is 4.79 Å². The maximum Gasteiger partial charge on any atom is 0.407 e. The Morgan fingerprint density at radius 2 is 1.65 bits per heavy atom. The predicted octanol–water partition coefficient (Wildman–Crippen LogP) is 2.74. The van der Waals surface area contributed by atoms with Crippen LogP contribution in [-0.2, 0) is 14.3 Å². The van der Waals surface area contributed by atoms with Crippen molar-refractivity contribution in [2.45, 2.75) is 43.2 Å². The van der Waals surface area contributed by atoms with Crippen LogP contribution < -0.4 is 5.32 Å². The summed E-state index contributed by atoms with van der Waals surface area (Å²) < 4.78 is 5.57. The van der Waals surface area contributed by atoms with Gasteiger partial charge in [-0.2, -0.15) is 0 Å². The minimum absolute atomic E-state index is 0.0130. The smallest absolute Gasteiger partial charge is 0.407 e. The van der Waals surface area contributed by atoms with Gasteiger partial charge in [0.1, 0.15) is 6.61 Å². The second kappa shape index (κ2) is 8.76. The number of β-amino-alcohol motifs (C(OH)–C–C–N with tert-alkyl or cyclic N) is 1. The number of aliphatic hydroxyl groups is 1. The molecule has 34 heavy (non-hydrogen) atoms. The van der Waals surface area contributed by atoms with Crippen molar-refractivity contribution in [3.63, 3.8) is 0 Å². The highest BCUT2D eigenvalue weighted by molar-refractivity contribution is 5.83. The number of piperidine rings is 1. The summed E-state index contributed by atoms with van der Waals surface area (Å²) >= 11 is 0. The van der Waals surface area contributed by atoms with Crippen LogP contribution in [0.1, 0.15) is 42.7 Å². The Bertz CT molecular complexity index is 1080. The van der Waals surface area contributed by atoms with Crippen molar-refractivity contribution < 1.29 is 29.3 Å². The van der Waals surface area contributed by atoms with Gasteiger partial charge in [-0.05, 0) is 47.9 Å². The van der Waals surface area contributed by atoms with Crippen molar-refractivity contribution in [2.24, 2.45) is 5.92 Å². The maximum absolute atomic E-state index is 12.7. The molecule has 0 radical (unpaired) electrons. The van der Waals surface area contributed by atoms with Gasteiger partial charge in [0.05, 0.1) is 6.54 Å². The highest BCUT2D eigenvalue weighted by Crippen LogP contribution is 2.44. The molecular weight excluding hydrogens is 436 g/mol. The molecule has 2 aliphatic carbocycles. The van der Waals surface area contributed by atoms with Crippen molar-refractivity contribution in [3.8, 4) is 11.1 Å². The average Bonchev–Trinajstić information content (AvgIpc) is 3.13. The first kappa shape index (κ1) is 22.4. The van der Waals surface area contributed by atoms with Crippen molar-refractivity contribution in [1.82, 2.24) is 10.2 Å². The highest BCUT2D eigenvalue weighted by atomic mass is 16.5. The first-order valence-electron chi connectivity index (χ1n) is 11.7. The molecule has 2 fully saturated rings. The summed E-state index contributed by atoms with van der Waals surface area (Å²) in [6.07, 6.45) is 1.04. The molecule has 0 aromatic heterocycles. The lowest BCUT2D eigenvalue weighted by atomic mass is 9.78. The molecule has 3 aliphatic rings. The van der Waals surface area contributed by atoms with E-state index in [0.717, 1.165) is 11.1 Å². The van der Waals surface area contributed by atoms with E-state index in [1.165, 1.54) is 16.0 Å². The number of carboxylic acid groups (broad SMARTS) is 1. The largest absolute Gasteiger partial charge is 0.479 e. The Balaban J connectivity index is 1.12. The highest BCUT2D eigenvalue weighted by Gasteiger charge is 2.45. The molecule has 178 valence electrons. The number of nitrogens with zero attached hydrogens (tertiary/aromatic N) is 1. The van der Waals surface area contributed by atoms with E-state index in [1.807, 2.05) is 24.3 Å². The van der Waals surface area contributed by atoms with Crippen molar-refractivity contribution >= 4 is 18.0 Å². The van der Waals surface area contributed by atoms with Gasteiger partial charge < -0.3 is 25.2 Å². The molecule has 2 aromatic rings. The fraction of sp³-hybridized carbons (Fsp3) is 0.423. The molecule has 0 spiro atoms. The monoisotopic (exact) mass is 464 g/mol. The second-order valence-electron chi connectivity index (χ2n) is 9.54. The molecule has 2 amide bonds. The third kappa shape index (κ3) is 4.03. The van der Waals surface area contributed by atoms with E-state index in [2.05, 4.69) is 29.6 Å². The van der Waals surface area contributed by atoms with E-state index in [1.54, 1.807) is 0 Å². The van der Waals surface area contributed by atoms with Crippen molar-refractivity contribution in [1.29, 1.82) is 0 Å². The number of hydrogen-bond donors (Lipinski definition) is 3. The van der Waals surface area contributed by atoms with Gasteiger partial charge in [-0.1, -0.05) is 48.5 Å². The van der Waals surface area contributed by atoms with E-state index < -0.39 is 17.7 Å². The molecule has 1 saturated carbocycles. The maximum atomic E-state index is 12.7. The summed E-state index contributed by atoms with van der Waals surface area (Å²) in [7, 11) is 0. The lowest BCUT2D eigenvalue weighted by Gasteiger charge is -2.41. The normalized spacial score (nSPS) is 25.6. The number of rotatable bonds is 5. The molecule has 1 aliphatic heterocycles. The topological polar surface area (TPSA) is 116 Å². The van der Waals surface area contributed by atoms with Gasteiger partial charge >= 0.3 is 12.1 Å². The summed E-state index contributed by atoms with van der Waals surface area (Å²) in [6.45, 7) is 0.480. The van der Waals surface area contributed by atoms with E-state index in [-0.39, 0.29) is 43.4 Å². The van der Waals surface area contributed by atoms with Gasteiger partial charge in [0.2, 0.25) is 5.91 Å². The minimum Gasteiger partial charge on any atom is -0.479 e. The second-order valence-corrected chi connectivity index (χ2v) is 9.54. The quantitative estimate of drug-likeness (QED) is 0.627. The number of fused-ring (bicyclic) bond motifs is 3. The van der Waals surface area contributed by atoms with Crippen LogP contribution in [0.25, 0.3) is 11.1 Å². The van der Waals surface area contributed by atoms with Gasteiger partial charge in [-0.15, -0.1) is 0 Å². The molecule has 8 nitrogen and oxygen atoms in total. The van der Waals surface area contributed by atoms with Crippen LogP contribution in [0.15, 0.2) is 48.5 Å². The molecule has 8 heteroatoms. The molecule has 1 heterocycles. The van der Waals surface area contributed by atoms with Crippen LogP contribution in [-0.4, -0.2) is 64.4 Å². The number of carbonyl (C=O) groups is 3. The number of ether oxygens (including phenoxy) is 1. The Morgan fingerprint density at radius 3 is 2.26 bits per heavy atom. The summed E-state index contributed by atoms with van der Waals surface area (Å²) in [5.41, 5.74) is 2.75. The number of nitrogens with one attached hydrogen (secondary N) is 1. The van der Waals surface area contributed by atoms with Gasteiger partial charge in [0.15, 0.2) is 5.60 Å². The van der Waals surface area contributed by atoms with Crippen LogP contribution in [0.5, 0.6) is 0 Å². The zero-order chi connectivity index (χ0) is 23.9. The number of carboxylic acids is 1. The number of benzene rings is 2. The molecule has 2 aromatic carbocycles. The Kier molecular flexibility index (Phi) is 5.77. The summed E-state index contributed by atoms with van der Waals surface area (Å²) in [5.74, 6) is -1.76. The fourth-order valence-electron chi connectivity index (χ4n) is 5.40. The van der Waals surface area contributed by atoms with Gasteiger partial charge in [0, 0.05) is 24.4 Å². The summed E-state index contributed by atoms with van der Waals surface area (Å²) in [5, 5.41) is 22.3. The zero-order valence-electron chi connectivity index (χ0n) is 18.8. The van der Waals surface area contributed by atoms with Gasteiger partial charge in [0.25, 0.3) is 0 Å². The Morgan fingerprint density at radius 1 is 1.03 bits per heavy atom. The Hall–Kier alpha value is -3.39. The molecular formula is C26H28N2O6. The Labute approximate surface area is 197 Å². The van der Waals surface area contributed by atoms with E-state index in [4.69, 9.17) is 4.74 Å². The summed E-state index contributed by atoms with van der Waals surface area (Å²) in [4.78, 5) is 37.9. The van der Waals surface area contributed by atoms with Crippen LogP contribution >= 0.6 is 0 Å². The average molecular weight is 465 g/mol. The number of amides is 2. The third-order valence-corrected chi connectivity index (χ3v) is 7.33. The van der Waals surface area contributed by atoms with Crippen LogP contribution in [0.2, 0.25) is 0 Å². The fourth-order valence-corrected chi connectivity index (χ4v) is 5.40. The number of likely N-dealkylation sites (tertiary alicyclic amines) is 1. The van der Waals surface area contributed by atoms with Crippen LogP contribution in [0, 0.1) is 5.92 Å². The molecule has 1 atom stereocenters. The lowest BCUT2D eigenvalue weighted by molar-refractivity contribution is -0.168. The van der Waals surface area contributed by atoms with Gasteiger partial charge in [-0.25, -0.2) is 9.59 Å². The lowest BCUT2D eigenvalue weighted by Crippen LogP contribution is -2.58. The predicted molar refractivity (Wildman–Crippen MR) is 123 cm³/mol. The summed E-state index contributed by atoms with van der Waals surface area (Å²) in [6, 6.07) is 16.1. The minimum atomic E-state index is -1.88. The van der Waals surface area contributed by atoms with Crippen LogP contribution in [0.4, 0.5) is 4.79 Å². The van der Waals surface area contributed by atoms with Crippen LogP contribution in [0.3, 0.4) is 0 Å². The molecule has 5 rings (SSSR count). The van der Waals surface area contributed by atoms with E-state index in [9.17, 15) is 24.6 Å². The number of aliphatic carboxylic acids is 1. The number of alkyl carbamates (subject to hydrolysis) is 1. The van der Waals surface area contributed by atoms with E-state index >= 15 is 0 Å². The number of hydrogen-bond acceptors (Lipinski definition) is 5. The number of carbonyl (C=O) groups excluding carboxylic acids is 2. The van der Waals surface area contributed by atoms with Crippen molar-refractivity contribution in [3.05, 3.63) is 59.7 Å². The first-order valence-corrected chi connectivity index (χ1v) is 11.7. The third-order valence-electron chi connectivity index (χ3n) is 7.33. The molecule has 3 N–H and O–H groups in total.